The van der Waals surface area contributed by atoms with Crippen molar-refractivity contribution in [2.24, 2.45) is 0 Å². The Morgan fingerprint density at radius 1 is 0.875 bits per heavy atom. The van der Waals surface area contributed by atoms with Gasteiger partial charge in [0, 0.05) is 27.6 Å². The minimum Gasteiger partial charge on any atom is -0.270 e. The summed E-state index contributed by atoms with van der Waals surface area (Å²) in [6, 6.07) is 20.5. The van der Waals surface area contributed by atoms with Crippen LogP contribution in [0.25, 0.3) is 17.1 Å². The second-order valence-corrected chi connectivity index (χ2v) is 10.2. The summed E-state index contributed by atoms with van der Waals surface area (Å²) < 4.78 is 16.2. The fourth-order valence-electron chi connectivity index (χ4n) is 3.33. The Morgan fingerprint density at radius 3 is 2.22 bits per heavy atom. The summed E-state index contributed by atoms with van der Waals surface area (Å²) in [5.74, 6) is 0.616. The fraction of sp³-hybridized carbons (Fsp3) is 0.200. The molecule has 0 saturated carbocycles. The van der Waals surface area contributed by atoms with Gasteiger partial charge in [-0.05, 0) is 47.4 Å². The molecule has 4 aromatic rings. The summed E-state index contributed by atoms with van der Waals surface area (Å²) in [5.41, 5.74) is 3.38. The van der Waals surface area contributed by atoms with Crippen LogP contribution >= 0.6 is 35.0 Å². The van der Waals surface area contributed by atoms with Crippen LogP contribution in [-0.2, 0) is 11.2 Å². The third kappa shape index (κ3) is 4.70. The molecule has 0 fully saturated rings. The molecule has 0 aliphatic carbocycles. The van der Waals surface area contributed by atoms with E-state index in [9.17, 15) is 4.39 Å². The molecule has 0 aliphatic heterocycles. The van der Waals surface area contributed by atoms with Crippen molar-refractivity contribution in [3.8, 4) is 17.1 Å². The molecule has 0 N–H and O–H groups in total. The Labute approximate surface area is 201 Å². The maximum atomic E-state index is 14.3. The van der Waals surface area contributed by atoms with E-state index in [1.165, 1.54) is 23.4 Å². The number of hydrogen-bond acceptors (Lipinski definition) is 3. The smallest absolute Gasteiger partial charge is 0.196 e. The van der Waals surface area contributed by atoms with E-state index < -0.39 is 0 Å². The molecule has 0 saturated heterocycles. The molecule has 0 bridgehead atoms. The van der Waals surface area contributed by atoms with Gasteiger partial charge in [0.05, 0.1) is 5.02 Å². The highest BCUT2D eigenvalue weighted by molar-refractivity contribution is 7.98. The normalized spacial score (nSPS) is 11.7. The number of hydrogen-bond donors (Lipinski definition) is 0. The van der Waals surface area contributed by atoms with Gasteiger partial charge in [-0.15, -0.1) is 10.2 Å². The van der Waals surface area contributed by atoms with Crippen LogP contribution in [0.4, 0.5) is 4.39 Å². The number of aromatic nitrogens is 3. The molecule has 4 rings (SSSR count). The van der Waals surface area contributed by atoms with Crippen LogP contribution < -0.4 is 0 Å². The van der Waals surface area contributed by atoms with Gasteiger partial charge in [0.1, 0.15) is 5.82 Å². The predicted octanol–water partition coefficient (Wildman–Crippen LogP) is 7.97. The molecule has 0 unspecified atom stereocenters. The van der Waals surface area contributed by atoms with Crippen LogP contribution in [0, 0.1) is 5.82 Å². The van der Waals surface area contributed by atoms with Crippen LogP contribution in [0.1, 0.15) is 31.9 Å². The van der Waals surface area contributed by atoms with Crippen molar-refractivity contribution >= 4 is 35.0 Å². The zero-order chi connectivity index (χ0) is 22.9. The Balaban J connectivity index is 1.78. The molecular formula is C25H22Cl2FN3S. The van der Waals surface area contributed by atoms with Crippen LogP contribution in [0.3, 0.4) is 0 Å². The monoisotopic (exact) mass is 485 g/mol. The highest BCUT2D eigenvalue weighted by atomic mass is 35.5. The fourth-order valence-corrected chi connectivity index (χ4v) is 4.85. The number of thioether (sulfide) groups is 1. The lowest BCUT2D eigenvalue weighted by atomic mass is 9.87. The van der Waals surface area contributed by atoms with E-state index in [2.05, 4.69) is 43.1 Å². The lowest BCUT2D eigenvalue weighted by molar-refractivity contribution is 0.590. The van der Waals surface area contributed by atoms with Gasteiger partial charge in [0.2, 0.25) is 0 Å². The van der Waals surface area contributed by atoms with Crippen molar-refractivity contribution in [3.63, 3.8) is 0 Å². The second kappa shape index (κ2) is 9.26. The average molecular weight is 486 g/mol. The van der Waals surface area contributed by atoms with Gasteiger partial charge in [-0.1, -0.05) is 86.1 Å². The van der Waals surface area contributed by atoms with Gasteiger partial charge in [-0.25, -0.2) is 4.39 Å². The summed E-state index contributed by atoms with van der Waals surface area (Å²) in [7, 11) is 0. The predicted molar refractivity (Wildman–Crippen MR) is 131 cm³/mol. The standard InChI is InChI=1S/C25H22Cl2FN3S/c1-25(2,3)16-11-13-17(14-12-16)31-23(18-7-4-5-8-20(18)26)29-30-24(31)32-15-19-21(27)9-6-10-22(19)28/h4-14H,15H2,1-3H3. The maximum absolute atomic E-state index is 14.3. The largest absolute Gasteiger partial charge is 0.270 e. The zero-order valence-electron chi connectivity index (χ0n) is 17.9. The molecule has 0 radical (unpaired) electrons. The average Bonchev–Trinajstić information content (AvgIpc) is 3.17. The van der Waals surface area contributed by atoms with E-state index in [0.717, 1.165) is 11.3 Å². The first-order valence-corrected chi connectivity index (χ1v) is 11.9. The van der Waals surface area contributed by atoms with Gasteiger partial charge in [0.15, 0.2) is 11.0 Å². The van der Waals surface area contributed by atoms with Crippen LogP contribution in [0.2, 0.25) is 10.0 Å². The van der Waals surface area contributed by atoms with Crippen LogP contribution in [0.5, 0.6) is 0 Å². The molecule has 32 heavy (non-hydrogen) atoms. The van der Waals surface area contributed by atoms with E-state index in [-0.39, 0.29) is 11.2 Å². The number of halogens is 3. The topological polar surface area (TPSA) is 30.7 Å². The SMILES string of the molecule is CC(C)(C)c1ccc(-n2c(SCc3c(F)cccc3Cl)nnc2-c2ccccc2Cl)cc1. The molecule has 0 aliphatic rings. The Bertz CT molecular complexity index is 1230. The number of rotatable bonds is 5. The number of nitrogens with zero attached hydrogens (tertiary/aromatic N) is 3. The Morgan fingerprint density at radius 2 is 1.56 bits per heavy atom. The van der Waals surface area contributed by atoms with Crippen LogP contribution in [-0.4, -0.2) is 14.8 Å². The van der Waals surface area contributed by atoms with E-state index in [0.29, 0.717) is 32.3 Å². The second-order valence-electron chi connectivity index (χ2n) is 8.41. The van der Waals surface area contributed by atoms with Gasteiger partial charge in [-0.2, -0.15) is 0 Å². The minimum atomic E-state index is -0.336. The lowest BCUT2D eigenvalue weighted by Gasteiger charge is -2.20. The lowest BCUT2D eigenvalue weighted by Crippen LogP contribution is -2.11. The Hall–Kier alpha value is -2.34. The van der Waals surface area contributed by atoms with Gasteiger partial charge in [-0.3, -0.25) is 4.57 Å². The molecule has 3 nitrogen and oxygen atoms in total. The van der Waals surface area contributed by atoms with Crippen molar-refractivity contribution in [1.82, 2.24) is 14.8 Å². The number of benzene rings is 3. The van der Waals surface area contributed by atoms with Crippen LogP contribution in [0.15, 0.2) is 71.9 Å². The highest BCUT2D eigenvalue weighted by Gasteiger charge is 2.20. The van der Waals surface area contributed by atoms with Crippen molar-refractivity contribution in [2.45, 2.75) is 37.1 Å². The highest BCUT2D eigenvalue weighted by Crippen LogP contribution is 2.35. The van der Waals surface area contributed by atoms with Crippen molar-refractivity contribution in [2.75, 3.05) is 0 Å². The molecule has 3 aromatic carbocycles. The van der Waals surface area contributed by atoms with Gasteiger partial charge < -0.3 is 0 Å². The van der Waals surface area contributed by atoms with E-state index >= 15 is 0 Å². The quantitative estimate of drug-likeness (QED) is 0.268. The molecule has 1 heterocycles. The van der Waals surface area contributed by atoms with Gasteiger partial charge in [0.25, 0.3) is 0 Å². The Kier molecular flexibility index (Phi) is 6.61. The van der Waals surface area contributed by atoms with Crippen molar-refractivity contribution in [3.05, 3.63) is 93.7 Å². The van der Waals surface area contributed by atoms with Crippen molar-refractivity contribution in [1.29, 1.82) is 0 Å². The van der Waals surface area contributed by atoms with Crippen molar-refractivity contribution < 1.29 is 4.39 Å². The molecule has 0 amide bonds. The maximum Gasteiger partial charge on any atom is 0.196 e. The molecule has 7 heteroatoms. The summed E-state index contributed by atoms with van der Waals surface area (Å²) in [4.78, 5) is 0. The molecule has 0 atom stereocenters. The summed E-state index contributed by atoms with van der Waals surface area (Å²) in [6.07, 6.45) is 0. The summed E-state index contributed by atoms with van der Waals surface area (Å²) in [5, 5.41) is 10.4. The minimum absolute atomic E-state index is 0.0381. The molecule has 164 valence electrons. The molecular weight excluding hydrogens is 464 g/mol. The zero-order valence-corrected chi connectivity index (χ0v) is 20.3. The van der Waals surface area contributed by atoms with E-state index in [1.54, 1.807) is 12.1 Å². The summed E-state index contributed by atoms with van der Waals surface area (Å²) in [6.45, 7) is 6.53. The van der Waals surface area contributed by atoms with Gasteiger partial charge >= 0.3 is 0 Å². The molecule has 0 spiro atoms. The first-order valence-electron chi connectivity index (χ1n) is 10.1. The van der Waals surface area contributed by atoms with E-state index in [4.69, 9.17) is 23.2 Å². The third-order valence-corrected chi connectivity index (χ3v) is 6.79. The van der Waals surface area contributed by atoms with E-state index in [1.807, 2.05) is 41.0 Å². The third-order valence-electron chi connectivity index (χ3n) is 5.15. The summed E-state index contributed by atoms with van der Waals surface area (Å²) >= 11 is 14.1. The first-order chi connectivity index (χ1) is 15.3. The molecule has 1 aromatic heterocycles. The first kappa shape index (κ1) is 22.8.